The Morgan fingerprint density at radius 1 is 0.879 bits per heavy atom. The molecule has 0 spiro atoms. The average Bonchev–Trinajstić information content (AvgIpc) is 3.50. The zero-order valence-electron chi connectivity index (χ0n) is 17.8. The highest BCUT2D eigenvalue weighted by Crippen LogP contribution is 2.34. The van der Waals surface area contributed by atoms with Crippen LogP contribution in [0.4, 0.5) is 0 Å². The first-order valence-corrected chi connectivity index (χ1v) is 12.2. The van der Waals surface area contributed by atoms with Gasteiger partial charge in [0.05, 0.1) is 6.54 Å². The molecular weight excluding hydrogens is 548 g/mol. The third kappa shape index (κ3) is 4.20. The number of aromatic amines is 1. The van der Waals surface area contributed by atoms with Crippen molar-refractivity contribution in [2.24, 2.45) is 0 Å². The van der Waals surface area contributed by atoms with Crippen molar-refractivity contribution in [3.05, 3.63) is 69.1 Å². The number of benzene rings is 2. The van der Waals surface area contributed by atoms with Crippen LogP contribution in [0.5, 0.6) is 0 Å². The Morgan fingerprint density at radius 3 is 2.36 bits per heavy atom. The molecule has 166 valence electrons. The lowest BCUT2D eigenvalue weighted by Crippen LogP contribution is -2.07. The number of hydrogen-bond donors (Lipinski definition) is 1. The van der Waals surface area contributed by atoms with Gasteiger partial charge in [0, 0.05) is 12.0 Å². The maximum atomic E-state index is 4.92. The van der Waals surface area contributed by atoms with Crippen molar-refractivity contribution in [1.29, 1.82) is 0 Å². The zero-order chi connectivity index (χ0) is 22.8. The van der Waals surface area contributed by atoms with Gasteiger partial charge in [-0.25, -0.2) is 4.98 Å². The van der Waals surface area contributed by atoms with E-state index in [-0.39, 0.29) is 0 Å². The van der Waals surface area contributed by atoms with E-state index in [0.717, 1.165) is 58.4 Å². The van der Waals surface area contributed by atoms with E-state index in [1.54, 1.807) is 0 Å². The van der Waals surface area contributed by atoms with Crippen LogP contribution in [0.25, 0.3) is 33.5 Å². The maximum absolute atomic E-state index is 4.92. The quantitative estimate of drug-likeness (QED) is 0.275. The van der Waals surface area contributed by atoms with E-state index in [2.05, 4.69) is 98.4 Å². The van der Waals surface area contributed by atoms with Gasteiger partial charge in [-0.3, -0.25) is 0 Å². The van der Waals surface area contributed by atoms with Crippen LogP contribution in [0.1, 0.15) is 31.2 Å². The minimum absolute atomic E-state index is 0.569. The van der Waals surface area contributed by atoms with Crippen LogP contribution in [-0.4, -0.2) is 40.4 Å². The first-order chi connectivity index (χ1) is 16.2. The van der Waals surface area contributed by atoms with Gasteiger partial charge in [-0.05, 0) is 60.2 Å². The molecule has 0 bridgehead atoms. The van der Waals surface area contributed by atoms with Gasteiger partial charge < -0.3 is 4.57 Å². The molecule has 0 aliphatic rings. The SMILES string of the molecule is CCCCc1nc2c(Br)nnc(Br)c2n1Cc1ccccc1-c1ccccc1-c1nn[nH]n1. The van der Waals surface area contributed by atoms with Gasteiger partial charge in [-0.1, -0.05) is 61.9 Å². The number of aryl methyl sites for hydroxylation is 1. The van der Waals surface area contributed by atoms with E-state index in [0.29, 0.717) is 21.6 Å². The van der Waals surface area contributed by atoms with E-state index in [9.17, 15) is 0 Å². The van der Waals surface area contributed by atoms with E-state index in [1.807, 2.05) is 24.3 Å². The lowest BCUT2D eigenvalue weighted by atomic mass is 9.95. The molecule has 3 aromatic heterocycles. The zero-order valence-corrected chi connectivity index (χ0v) is 21.0. The van der Waals surface area contributed by atoms with Crippen molar-refractivity contribution < 1.29 is 0 Å². The minimum atomic E-state index is 0.569. The van der Waals surface area contributed by atoms with E-state index >= 15 is 0 Å². The standard InChI is InChI=1S/C23H20Br2N8/c1-2-3-12-18-26-19-20(22(25)28-27-21(19)24)33(18)13-14-8-4-5-9-15(14)16-10-6-7-11-17(16)23-29-31-32-30-23/h4-11H,2-3,12-13H2,1H3,(H,29,30,31,32). The van der Waals surface area contributed by atoms with Crippen LogP contribution in [0.3, 0.4) is 0 Å². The average molecular weight is 568 g/mol. The van der Waals surface area contributed by atoms with Crippen molar-refractivity contribution in [2.75, 3.05) is 0 Å². The highest BCUT2D eigenvalue weighted by Gasteiger charge is 2.20. The summed E-state index contributed by atoms with van der Waals surface area (Å²) < 4.78 is 3.57. The molecule has 10 heteroatoms. The molecule has 0 radical (unpaired) electrons. The molecule has 0 atom stereocenters. The fourth-order valence-corrected chi connectivity index (χ4v) is 4.85. The number of halogens is 2. The van der Waals surface area contributed by atoms with Crippen LogP contribution in [0.15, 0.2) is 57.7 Å². The number of fused-ring (bicyclic) bond motifs is 1. The van der Waals surface area contributed by atoms with Crippen LogP contribution in [0, 0.1) is 0 Å². The summed E-state index contributed by atoms with van der Waals surface area (Å²) in [6.45, 7) is 2.83. The fraction of sp³-hybridized carbons (Fsp3) is 0.217. The highest BCUT2D eigenvalue weighted by molar-refractivity contribution is 9.11. The maximum Gasteiger partial charge on any atom is 0.205 e. The summed E-state index contributed by atoms with van der Waals surface area (Å²) in [4.78, 5) is 4.92. The molecular formula is C23H20Br2N8. The molecule has 0 saturated heterocycles. The third-order valence-corrected chi connectivity index (χ3v) is 6.63. The van der Waals surface area contributed by atoms with E-state index < -0.39 is 0 Å². The number of H-pyrrole nitrogens is 1. The lowest BCUT2D eigenvalue weighted by molar-refractivity contribution is 0.689. The van der Waals surface area contributed by atoms with Crippen LogP contribution in [0.2, 0.25) is 0 Å². The monoisotopic (exact) mass is 566 g/mol. The predicted molar refractivity (Wildman–Crippen MR) is 133 cm³/mol. The van der Waals surface area contributed by atoms with Gasteiger partial charge in [0.15, 0.2) is 9.21 Å². The molecule has 3 heterocycles. The Hall–Kier alpha value is -2.98. The molecule has 0 saturated carbocycles. The van der Waals surface area contributed by atoms with Crippen molar-refractivity contribution in [2.45, 2.75) is 32.7 Å². The van der Waals surface area contributed by atoms with E-state index in [4.69, 9.17) is 4.98 Å². The van der Waals surface area contributed by atoms with Gasteiger partial charge in [0.2, 0.25) is 5.82 Å². The van der Waals surface area contributed by atoms with Crippen LogP contribution in [-0.2, 0) is 13.0 Å². The van der Waals surface area contributed by atoms with Crippen molar-refractivity contribution >= 4 is 42.9 Å². The summed E-state index contributed by atoms with van der Waals surface area (Å²) in [6, 6.07) is 16.5. The number of hydrogen-bond acceptors (Lipinski definition) is 6. The van der Waals surface area contributed by atoms with Gasteiger partial charge in [-0.2, -0.15) is 5.21 Å². The second-order valence-electron chi connectivity index (χ2n) is 7.63. The predicted octanol–water partition coefficient (Wildman–Crippen LogP) is 5.59. The molecule has 0 aliphatic carbocycles. The summed E-state index contributed by atoms with van der Waals surface area (Å²) in [6.07, 6.45) is 3.03. The number of nitrogens with one attached hydrogen (secondary N) is 1. The van der Waals surface area contributed by atoms with Crippen molar-refractivity contribution in [3.63, 3.8) is 0 Å². The molecule has 0 unspecified atom stereocenters. The summed E-state index contributed by atoms with van der Waals surface area (Å²) in [5.74, 6) is 1.59. The van der Waals surface area contributed by atoms with Gasteiger partial charge in [0.1, 0.15) is 16.9 Å². The number of imidazole rings is 1. The third-order valence-electron chi connectivity index (χ3n) is 5.57. The van der Waals surface area contributed by atoms with Crippen molar-refractivity contribution in [1.82, 2.24) is 40.4 Å². The fourth-order valence-electron chi connectivity index (χ4n) is 4.01. The molecule has 5 rings (SSSR count). The molecule has 2 aromatic carbocycles. The Kier molecular flexibility index (Phi) is 6.28. The molecule has 0 aliphatic heterocycles. The van der Waals surface area contributed by atoms with Crippen LogP contribution < -0.4 is 0 Å². The van der Waals surface area contributed by atoms with Crippen molar-refractivity contribution in [3.8, 4) is 22.5 Å². The Morgan fingerprint density at radius 2 is 1.61 bits per heavy atom. The molecule has 0 fully saturated rings. The first kappa shape index (κ1) is 21.8. The molecule has 8 nitrogen and oxygen atoms in total. The van der Waals surface area contributed by atoms with E-state index in [1.165, 1.54) is 0 Å². The number of tetrazole rings is 1. The molecule has 1 N–H and O–H groups in total. The minimum Gasteiger partial charge on any atom is -0.321 e. The summed E-state index contributed by atoms with van der Waals surface area (Å²) in [7, 11) is 0. The smallest absolute Gasteiger partial charge is 0.205 e. The van der Waals surface area contributed by atoms with Crippen LogP contribution >= 0.6 is 31.9 Å². The number of rotatable bonds is 7. The number of nitrogens with zero attached hydrogens (tertiary/aromatic N) is 7. The summed E-state index contributed by atoms with van der Waals surface area (Å²) in [5, 5.41) is 23.1. The Labute approximate surface area is 207 Å². The topological polar surface area (TPSA) is 98.1 Å². The first-order valence-electron chi connectivity index (χ1n) is 10.6. The second-order valence-corrected chi connectivity index (χ2v) is 9.14. The highest BCUT2D eigenvalue weighted by atomic mass is 79.9. The lowest BCUT2D eigenvalue weighted by Gasteiger charge is -2.15. The molecule has 5 aromatic rings. The largest absolute Gasteiger partial charge is 0.321 e. The summed E-state index contributed by atoms with van der Waals surface area (Å²) >= 11 is 7.12. The second kappa shape index (κ2) is 9.48. The van der Waals surface area contributed by atoms with Gasteiger partial charge in [-0.15, -0.1) is 20.4 Å². The Balaban J connectivity index is 1.66. The van der Waals surface area contributed by atoms with Gasteiger partial charge in [0.25, 0.3) is 0 Å². The number of aromatic nitrogens is 8. The number of unbranched alkanes of at least 4 members (excludes halogenated alkanes) is 1. The van der Waals surface area contributed by atoms with Gasteiger partial charge >= 0.3 is 0 Å². The summed E-state index contributed by atoms with van der Waals surface area (Å²) in [5.41, 5.74) is 5.99. The molecule has 0 amide bonds. The Bertz CT molecular complexity index is 1410. The molecule has 33 heavy (non-hydrogen) atoms. The normalized spacial score (nSPS) is 11.4.